The molecular weight excluding hydrogens is 267 g/mol. The normalized spacial score (nSPS) is 10.0. The Bertz CT molecular complexity index is 501. The van der Waals surface area contributed by atoms with Gasteiger partial charge in [-0.2, -0.15) is 0 Å². The Kier molecular flexibility index (Phi) is 4.49. The quantitative estimate of drug-likeness (QED) is 0.659. The standard InChI is InChI=1S/C11H10ClFO5/c1-3-18-6-4-5(17-2)8(12)7(9(6)13)10(14)11(15)16/h4H,3H2,1-2H3,(H,15,16). The maximum atomic E-state index is 13.9. The molecule has 0 radical (unpaired) electrons. The molecule has 5 nitrogen and oxygen atoms in total. The van der Waals surface area contributed by atoms with Gasteiger partial charge in [0.05, 0.1) is 24.3 Å². The molecule has 0 atom stereocenters. The summed E-state index contributed by atoms with van der Waals surface area (Å²) in [6.07, 6.45) is 0. The minimum absolute atomic E-state index is 0.0360. The summed E-state index contributed by atoms with van der Waals surface area (Å²) in [5.41, 5.74) is -0.771. The number of ether oxygens (including phenoxy) is 2. The molecule has 18 heavy (non-hydrogen) atoms. The third-order valence-electron chi connectivity index (χ3n) is 2.07. The SMILES string of the molecule is CCOc1cc(OC)c(Cl)c(C(=O)C(=O)O)c1F. The Morgan fingerprint density at radius 1 is 1.44 bits per heavy atom. The molecular formula is C11H10ClFO5. The number of aliphatic carboxylic acids is 1. The van der Waals surface area contributed by atoms with E-state index in [1.807, 2.05) is 0 Å². The Morgan fingerprint density at radius 3 is 2.50 bits per heavy atom. The lowest BCUT2D eigenvalue weighted by Gasteiger charge is -2.12. The molecule has 0 spiro atoms. The van der Waals surface area contributed by atoms with Gasteiger partial charge in [-0.05, 0) is 6.92 Å². The second-order valence-corrected chi connectivity index (χ2v) is 3.53. The van der Waals surface area contributed by atoms with E-state index in [4.69, 9.17) is 26.2 Å². The van der Waals surface area contributed by atoms with Gasteiger partial charge in [-0.15, -0.1) is 0 Å². The highest BCUT2D eigenvalue weighted by Crippen LogP contribution is 2.36. The molecule has 1 rings (SSSR count). The van der Waals surface area contributed by atoms with Gasteiger partial charge in [0.1, 0.15) is 5.75 Å². The number of carbonyl (C=O) groups excluding carboxylic acids is 1. The molecule has 0 bridgehead atoms. The van der Waals surface area contributed by atoms with Gasteiger partial charge < -0.3 is 14.6 Å². The van der Waals surface area contributed by atoms with Crippen molar-refractivity contribution in [1.29, 1.82) is 0 Å². The van der Waals surface area contributed by atoms with E-state index in [9.17, 15) is 14.0 Å². The number of halogens is 2. The molecule has 1 N–H and O–H groups in total. The van der Waals surface area contributed by atoms with E-state index in [0.29, 0.717) is 0 Å². The maximum absolute atomic E-state index is 13.9. The van der Waals surface area contributed by atoms with E-state index in [-0.39, 0.29) is 18.1 Å². The molecule has 0 amide bonds. The molecule has 1 aromatic carbocycles. The van der Waals surface area contributed by atoms with Crippen LogP contribution in [0.3, 0.4) is 0 Å². The predicted octanol–water partition coefficient (Wildman–Crippen LogP) is 2.15. The van der Waals surface area contributed by atoms with Crippen LogP contribution in [0, 0.1) is 5.82 Å². The summed E-state index contributed by atoms with van der Waals surface area (Å²) in [7, 11) is 1.25. The van der Waals surface area contributed by atoms with Crippen LogP contribution in [0.2, 0.25) is 5.02 Å². The van der Waals surface area contributed by atoms with Crippen LogP contribution < -0.4 is 9.47 Å². The van der Waals surface area contributed by atoms with Crippen molar-refractivity contribution >= 4 is 23.4 Å². The first-order valence-corrected chi connectivity index (χ1v) is 5.28. The zero-order chi connectivity index (χ0) is 13.9. The number of benzene rings is 1. The molecule has 0 aliphatic carbocycles. The van der Waals surface area contributed by atoms with Gasteiger partial charge in [-0.25, -0.2) is 9.18 Å². The second-order valence-electron chi connectivity index (χ2n) is 3.15. The number of methoxy groups -OCH3 is 1. The summed E-state index contributed by atoms with van der Waals surface area (Å²) in [6, 6.07) is 1.15. The van der Waals surface area contributed by atoms with Crippen molar-refractivity contribution < 1.29 is 28.6 Å². The summed E-state index contributed by atoms with van der Waals surface area (Å²) in [5, 5.41) is 8.21. The van der Waals surface area contributed by atoms with Crippen molar-refractivity contribution in [1.82, 2.24) is 0 Å². The number of rotatable bonds is 5. The molecule has 0 heterocycles. The second kappa shape index (κ2) is 5.68. The van der Waals surface area contributed by atoms with Gasteiger partial charge in [0.2, 0.25) is 0 Å². The van der Waals surface area contributed by atoms with E-state index >= 15 is 0 Å². The van der Waals surface area contributed by atoms with Crippen LogP contribution in [0.25, 0.3) is 0 Å². The van der Waals surface area contributed by atoms with Crippen LogP contribution in [0.4, 0.5) is 4.39 Å². The molecule has 1 aromatic rings. The molecule has 7 heteroatoms. The summed E-state index contributed by atoms with van der Waals surface area (Å²) in [5.74, 6) is -4.71. The van der Waals surface area contributed by atoms with Gasteiger partial charge in [-0.3, -0.25) is 4.79 Å². The first kappa shape index (κ1) is 14.2. The number of Topliss-reactive ketones (excluding diaryl/α,β-unsaturated/α-hetero) is 1. The Hall–Kier alpha value is -1.82. The molecule has 0 saturated heterocycles. The number of carboxylic acid groups (broad SMARTS) is 1. The van der Waals surface area contributed by atoms with E-state index in [0.717, 1.165) is 6.07 Å². The van der Waals surface area contributed by atoms with Gasteiger partial charge in [-0.1, -0.05) is 11.6 Å². The van der Waals surface area contributed by atoms with Crippen molar-refractivity contribution in [2.24, 2.45) is 0 Å². The number of hydrogen-bond acceptors (Lipinski definition) is 4. The van der Waals surface area contributed by atoms with E-state index < -0.39 is 28.2 Å². The third kappa shape index (κ3) is 2.53. The zero-order valence-electron chi connectivity index (χ0n) is 9.62. The first-order chi connectivity index (χ1) is 8.43. The van der Waals surface area contributed by atoms with Crippen molar-refractivity contribution in [3.8, 4) is 11.5 Å². The van der Waals surface area contributed by atoms with E-state index in [1.54, 1.807) is 6.92 Å². The number of ketones is 1. The fourth-order valence-electron chi connectivity index (χ4n) is 1.30. The lowest BCUT2D eigenvalue weighted by atomic mass is 10.1. The molecule has 0 fully saturated rings. The van der Waals surface area contributed by atoms with Gasteiger partial charge >= 0.3 is 5.97 Å². The maximum Gasteiger partial charge on any atom is 0.377 e. The smallest absolute Gasteiger partial charge is 0.377 e. The molecule has 0 unspecified atom stereocenters. The van der Waals surface area contributed by atoms with Crippen molar-refractivity contribution in [3.63, 3.8) is 0 Å². The monoisotopic (exact) mass is 276 g/mol. The average Bonchev–Trinajstić information content (AvgIpc) is 2.32. The number of carboxylic acids is 1. The fourth-order valence-corrected chi connectivity index (χ4v) is 1.60. The number of carbonyl (C=O) groups is 2. The third-order valence-corrected chi connectivity index (χ3v) is 2.45. The lowest BCUT2D eigenvalue weighted by molar-refractivity contribution is -0.131. The summed E-state index contributed by atoms with van der Waals surface area (Å²) in [4.78, 5) is 22.0. The highest BCUT2D eigenvalue weighted by molar-refractivity contribution is 6.45. The van der Waals surface area contributed by atoms with Crippen LogP contribution in [0.5, 0.6) is 11.5 Å². The highest BCUT2D eigenvalue weighted by atomic mass is 35.5. The van der Waals surface area contributed by atoms with E-state index in [2.05, 4.69) is 0 Å². The largest absolute Gasteiger partial charge is 0.495 e. The van der Waals surface area contributed by atoms with Crippen LogP contribution in [0.15, 0.2) is 6.07 Å². The van der Waals surface area contributed by atoms with Crippen LogP contribution in [0.1, 0.15) is 17.3 Å². The van der Waals surface area contributed by atoms with Crippen molar-refractivity contribution in [3.05, 3.63) is 22.5 Å². The van der Waals surface area contributed by atoms with Crippen molar-refractivity contribution in [2.75, 3.05) is 13.7 Å². The first-order valence-electron chi connectivity index (χ1n) is 4.90. The zero-order valence-corrected chi connectivity index (χ0v) is 10.4. The molecule has 98 valence electrons. The minimum atomic E-state index is -1.81. The highest BCUT2D eigenvalue weighted by Gasteiger charge is 2.28. The van der Waals surface area contributed by atoms with Gasteiger partial charge in [0.25, 0.3) is 5.78 Å². The van der Waals surface area contributed by atoms with Gasteiger partial charge in [0, 0.05) is 6.07 Å². The molecule has 0 aromatic heterocycles. The van der Waals surface area contributed by atoms with Gasteiger partial charge in [0.15, 0.2) is 11.6 Å². The average molecular weight is 277 g/mol. The Morgan fingerprint density at radius 2 is 2.06 bits per heavy atom. The topological polar surface area (TPSA) is 72.8 Å². The fraction of sp³-hybridized carbons (Fsp3) is 0.273. The minimum Gasteiger partial charge on any atom is -0.495 e. The van der Waals surface area contributed by atoms with E-state index in [1.165, 1.54) is 7.11 Å². The van der Waals surface area contributed by atoms with Crippen molar-refractivity contribution in [2.45, 2.75) is 6.92 Å². The molecule has 0 aliphatic rings. The summed E-state index contributed by atoms with van der Waals surface area (Å²) in [6.45, 7) is 1.75. The molecule has 0 saturated carbocycles. The Labute approximate surface area is 107 Å². The number of hydrogen-bond donors (Lipinski definition) is 1. The van der Waals surface area contributed by atoms with Crippen LogP contribution in [-0.4, -0.2) is 30.6 Å². The van der Waals surface area contributed by atoms with Crippen LogP contribution in [-0.2, 0) is 4.79 Å². The predicted molar refractivity (Wildman–Crippen MR) is 61.1 cm³/mol. The summed E-state index contributed by atoms with van der Waals surface area (Å²) >= 11 is 5.72. The lowest BCUT2D eigenvalue weighted by Crippen LogP contribution is -2.16. The van der Waals surface area contributed by atoms with Crippen LogP contribution >= 0.6 is 11.6 Å². The summed E-state index contributed by atoms with van der Waals surface area (Å²) < 4.78 is 23.7. The molecule has 0 aliphatic heterocycles. The Balaban J connectivity index is 3.51.